The first kappa shape index (κ1) is 5.40. The molecular formula is C3H3F2O. The predicted molar refractivity (Wildman–Crippen MR) is 15.8 cm³/mol. The first-order chi connectivity index (χ1) is 2.77. The summed E-state index contributed by atoms with van der Waals surface area (Å²) in [5, 5.41) is 9.08. The summed E-state index contributed by atoms with van der Waals surface area (Å²) in [6.07, 6.45) is -2.24. The van der Waals surface area contributed by atoms with Gasteiger partial charge in [-0.05, 0) is 0 Å². The zero-order valence-electron chi connectivity index (χ0n) is 2.90. The number of rotatable bonds is 1. The fourth-order valence-corrected chi connectivity index (χ4v) is 0.0594. The van der Waals surface area contributed by atoms with Gasteiger partial charge in [-0.15, -0.1) is 0 Å². The zero-order chi connectivity index (χ0) is 4.99. The Morgan fingerprint density at radius 3 is 2.00 bits per heavy atom. The van der Waals surface area contributed by atoms with Crippen molar-refractivity contribution in [3.8, 4) is 0 Å². The highest BCUT2D eigenvalue weighted by Gasteiger charge is 1.89. The Hall–Kier alpha value is -0.600. The summed E-state index contributed by atoms with van der Waals surface area (Å²) in [5.74, 6) is 0. The Morgan fingerprint density at radius 2 is 2.00 bits per heavy atom. The van der Waals surface area contributed by atoms with E-state index < -0.39 is 6.43 Å². The van der Waals surface area contributed by atoms with Crippen molar-refractivity contribution in [2.24, 2.45) is 0 Å². The average molecular weight is 93.1 g/mol. The maximum Gasteiger partial charge on any atom is 0.260 e. The second-order valence-corrected chi connectivity index (χ2v) is 0.663. The Labute approximate surface area is 33.9 Å². The average Bonchev–Trinajstić information content (AvgIpc) is 1.35. The molecule has 0 N–H and O–H groups in total. The van der Waals surface area contributed by atoms with Gasteiger partial charge < -0.3 is 0 Å². The lowest BCUT2D eigenvalue weighted by Crippen LogP contribution is -1.77. The van der Waals surface area contributed by atoms with Gasteiger partial charge in [0.05, 0.1) is 0 Å². The van der Waals surface area contributed by atoms with E-state index in [4.69, 9.17) is 5.11 Å². The molecule has 35 valence electrons. The third-order valence-corrected chi connectivity index (χ3v) is 0.224. The van der Waals surface area contributed by atoms with Crippen LogP contribution in [0, 0.1) is 0 Å². The molecule has 0 aliphatic rings. The van der Waals surface area contributed by atoms with Crippen LogP contribution in [0.1, 0.15) is 0 Å². The molecule has 0 aliphatic heterocycles. The molecule has 0 aliphatic carbocycles. The van der Waals surface area contributed by atoms with Gasteiger partial charge in [-0.2, -0.15) is 0 Å². The van der Waals surface area contributed by atoms with Gasteiger partial charge in [0.15, 0.2) is 0 Å². The molecule has 0 saturated heterocycles. The van der Waals surface area contributed by atoms with Crippen LogP contribution >= 0.6 is 0 Å². The molecule has 0 aromatic rings. The summed E-state index contributed by atoms with van der Waals surface area (Å²) < 4.78 is 21.5. The lowest BCUT2D eigenvalue weighted by atomic mass is 10.7. The van der Waals surface area contributed by atoms with Gasteiger partial charge in [0.2, 0.25) is 0 Å². The van der Waals surface area contributed by atoms with E-state index in [1.807, 2.05) is 0 Å². The van der Waals surface area contributed by atoms with Crippen LogP contribution in [0.4, 0.5) is 8.78 Å². The third-order valence-electron chi connectivity index (χ3n) is 0.224. The van der Waals surface area contributed by atoms with Crippen LogP contribution in [0.5, 0.6) is 0 Å². The molecule has 0 fully saturated rings. The van der Waals surface area contributed by atoms with E-state index in [0.29, 0.717) is 0 Å². The second-order valence-electron chi connectivity index (χ2n) is 0.663. The van der Waals surface area contributed by atoms with Crippen molar-refractivity contribution < 1.29 is 13.9 Å². The van der Waals surface area contributed by atoms with E-state index in [2.05, 4.69) is 0 Å². The van der Waals surface area contributed by atoms with E-state index in [-0.39, 0.29) is 12.3 Å². The normalized spacial score (nSPS) is 11.2. The molecule has 0 amide bonds. The minimum atomic E-state index is -2.59. The van der Waals surface area contributed by atoms with Crippen molar-refractivity contribution in [3.05, 3.63) is 12.3 Å². The second kappa shape index (κ2) is 2.63. The molecule has 0 rings (SSSR count). The summed E-state index contributed by atoms with van der Waals surface area (Å²) in [5.41, 5.74) is 0. The fourth-order valence-electron chi connectivity index (χ4n) is 0.0594. The van der Waals surface area contributed by atoms with Crippen LogP contribution in [-0.2, 0) is 5.11 Å². The van der Waals surface area contributed by atoms with Crippen molar-refractivity contribution in [1.29, 1.82) is 0 Å². The molecule has 0 saturated carbocycles. The van der Waals surface area contributed by atoms with Crippen molar-refractivity contribution in [2.75, 3.05) is 0 Å². The molecule has 0 heterocycles. The lowest BCUT2D eigenvalue weighted by molar-refractivity contribution is 0.197. The van der Waals surface area contributed by atoms with E-state index in [1.165, 1.54) is 0 Å². The quantitative estimate of drug-likeness (QED) is 0.434. The highest BCUT2D eigenvalue weighted by Crippen LogP contribution is 1.90. The molecule has 0 spiro atoms. The van der Waals surface area contributed by atoms with Gasteiger partial charge >= 0.3 is 0 Å². The number of alkyl halides is 2. The smallest absolute Gasteiger partial charge is 0.260 e. The topological polar surface area (TPSA) is 19.9 Å². The van der Waals surface area contributed by atoms with Crippen LogP contribution < -0.4 is 0 Å². The molecule has 0 aromatic carbocycles. The first-order valence-corrected chi connectivity index (χ1v) is 1.34. The van der Waals surface area contributed by atoms with Crippen molar-refractivity contribution in [3.63, 3.8) is 0 Å². The zero-order valence-corrected chi connectivity index (χ0v) is 2.90. The predicted octanol–water partition coefficient (Wildman–Crippen LogP) is 1.20. The molecule has 0 atom stereocenters. The molecular weight excluding hydrogens is 90.0 g/mol. The minimum Gasteiger partial charge on any atom is -0.299 e. The van der Waals surface area contributed by atoms with Gasteiger partial charge in [0.1, 0.15) is 6.26 Å². The first-order valence-electron chi connectivity index (χ1n) is 1.34. The van der Waals surface area contributed by atoms with Gasteiger partial charge in [-0.3, -0.25) is 5.11 Å². The molecule has 1 radical (unpaired) electrons. The largest absolute Gasteiger partial charge is 0.299 e. The summed E-state index contributed by atoms with van der Waals surface area (Å²) in [6.45, 7) is 0. The molecule has 0 unspecified atom stereocenters. The lowest BCUT2D eigenvalue weighted by Gasteiger charge is -1.76. The van der Waals surface area contributed by atoms with Crippen molar-refractivity contribution >= 4 is 0 Å². The van der Waals surface area contributed by atoms with E-state index in [0.717, 1.165) is 0 Å². The Morgan fingerprint density at radius 1 is 1.50 bits per heavy atom. The SMILES string of the molecule is [O]/C=C\C(F)F. The summed E-state index contributed by atoms with van der Waals surface area (Å²) >= 11 is 0. The molecule has 0 bridgehead atoms. The van der Waals surface area contributed by atoms with Gasteiger partial charge in [0, 0.05) is 6.08 Å². The minimum absolute atomic E-state index is 0.0741. The fraction of sp³-hybridized carbons (Fsp3) is 0.333. The summed E-state index contributed by atoms with van der Waals surface area (Å²) in [6, 6.07) is 0. The number of hydrogen-bond donors (Lipinski definition) is 0. The maximum atomic E-state index is 10.7. The molecule has 0 aromatic heterocycles. The monoisotopic (exact) mass is 93.0 g/mol. The number of hydrogen-bond acceptors (Lipinski definition) is 0. The van der Waals surface area contributed by atoms with Crippen LogP contribution in [-0.4, -0.2) is 6.43 Å². The third kappa shape index (κ3) is 3.40. The van der Waals surface area contributed by atoms with Crippen LogP contribution in [0.25, 0.3) is 0 Å². The number of allylic oxidation sites excluding steroid dienone is 1. The summed E-state index contributed by atoms with van der Waals surface area (Å²) in [7, 11) is 0. The molecule has 3 heteroatoms. The van der Waals surface area contributed by atoms with Gasteiger partial charge in [0.25, 0.3) is 6.43 Å². The van der Waals surface area contributed by atoms with E-state index in [1.54, 1.807) is 0 Å². The van der Waals surface area contributed by atoms with Crippen LogP contribution in [0.15, 0.2) is 12.3 Å². The van der Waals surface area contributed by atoms with Gasteiger partial charge in [-0.1, -0.05) is 0 Å². The molecule has 6 heavy (non-hydrogen) atoms. The highest BCUT2D eigenvalue weighted by molar-refractivity contribution is 4.73. The number of halogens is 2. The highest BCUT2D eigenvalue weighted by atomic mass is 19.3. The Kier molecular flexibility index (Phi) is 2.36. The Bertz CT molecular complexity index is 50.8. The van der Waals surface area contributed by atoms with Gasteiger partial charge in [-0.25, -0.2) is 8.78 Å². The van der Waals surface area contributed by atoms with Crippen LogP contribution in [0.3, 0.4) is 0 Å². The van der Waals surface area contributed by atoms with Crippen molar-refractivity contribution in [1.82, 2.24) is 0 Å². The van der Waals surface area contributed by atoms with Crippen LogP contribution in [0.2, 0.25) is 0 Å². The van der Waals surface area contributed by atoms with E-state index >= 15 is 0 Å². The van der Waals surface area contributed by atoms with E-state index in [9.17, 15) is 8.78 Å². The Balaban J connectivity index is 3.03. The maximum absolute atomic E-state index is 10.7. The van der Waals surface area contributed by atoms with Crippen molar-refractivity contribution in [2.45, 2.75) is 6.43 Å². The summed E-state index contributed by atoms with van der Waals surface area (Å²) in [4.78, 5) is 0. The standard InChI is InChI=1S/C3H3F2O/c4-3(5)1-2-6/h1-3H/b2-1-. The molecule has 1 nitrogen and oxygen atoms in total.